The van der Waals surface area contributed by atoms with Crippen molar-refractivity contribution in [3.63, 3.8) is 0 Å². The van der Waals surface area contributed by atoms with E-state index in [4.69, 9.17) is 21.6 Å². The first-order valence-corrected chi connectivity index (χ1v) is 4.37. The maximum absolute atomic E-state index is 9.62. The van der Waals surface area contributed by atoms with Crippen LogP contribution in [0.1, 0.15) is 13.8 Å². The highest BCUT2D eigenvalue weighted by Gasteiger charge is 2.46. The predicted octanol–water partition coefficient (Wildman–Crippen LogP) is 0.663. The van der Waals surface area contributed by atoms with Crippen LogP contribution in [0.2, 0.25) is 5.31 Å². The smallest absolute Gasteiger partial charge is 0.426 e. The summed E-state index contributed by atoms with van der Waals surface area (Å²) in [7, 11) is -1.60. The average molecular weight is 202 g/mol. The third-order valence-corrected chi connectivity index (χ3v) is 2.91. The van der Waals surface area contributed by atoms with Gasteiger partial charge < -0.3 is 15.2 Å². The summed E-state index contributed by atoms with van der Waals surface area (Å²) in [4.78, 5) is 0. The van der Waals surface area contributed by atoms with Gasteiger partial charge in [0.15, 0.2) is 0 Å². The topological polar surface area (TPSA) is 60.7 Å². The molecule has 0 fully saturated rings. The maximum atomic E-state index is 9.62. The van der Waals surface area contributed by atoms with Crippen LogP contribution < -0.4 is 0 Å². The molecule has 5 heteroatoms. The van der Waals surface area contributed by atoms with E-state index < -0.39 is 18.5 Å². The van der Waals surface area contributed by atoms with Crippen molar-refractivity contribution >= 4 is 18.7 Å². The zero-order chi connectivity index (χ0) is 10.2. The van der Waals surface area contributed by atoms with Crippen LogP contribution in [0.3, 0.4) is 0 Å². The maximum Gasteiger partial charge on any atom is 0.465 e. The van der Waals surface area contributed by atoms with Crippen LogP contribution in [0.25, 0.3) is 0 Å². The van der Waals surface area contributed by atoms with Crippen molar-refractivity contribution in [2.45, 2.75) is 25.3 Å². The quantitative estimate of drug-likeness (QED) is 0.548. The van der Waals surface area contributed by atoms with Gasteiger partial charge in [-0.15, -0.1) is 0 Å². The molecule has 0 heterocycles. The Morgan fingerprint density at radius 1 is 1.54 bits per heavy atom. The molecule has 2 atom stereocenters. The molecule has 3 nitrogen and oxygen atoms in total. The highest BCUT2D eigenvalue weighted by atomic mass is 35.5. The third kappa shape index (κ3) is 1.67. The molecule has 1 aliphatic carbocycles. The molecular weight excluding hydrogens is 190 g/mol. The zero-order valence-electron chi connectivity index (χ0n) is 7.53. The van der Waals surface area contributed by atoms with E-state index in [2.05, 4.69) is 0 Å². The Balaban J connectivity index is 3.09. The van der Waals surface area contributed by atoms with E-state index in [0.29, 0.717) is 10.6 Å². The van der Waals surface area contributed by atoms with Crippen molar-refractivity contribution in [3.8, 4) is 0 Å². The standard InChI is InChI=1S/C8H12BClO3/c1-5-3-6(10)4-7(11)8(5,2)9(12)13/h3-4,7,11-13H,1-2H3. The van der Waals surface area contributed by atoms with Gasteiger partial charge in [-0.3, -0.25) is 0 Å². The lowest BCUT2D eigenvalue weighted by Gasteiger charge is -2.35. The molecular formula is C8H12BClO3. The van der Waals surface area contributed by atoms with Crippen LogP contribution in [0.4, 0.5) is 0 Å². The van der Waals surface area contributed by atoms with E-state index in [1.807, 2.05) is 0 Å². The van der Waals surface area contributed by atoms with Gasteiger partial charge in [0.05, 0.1) is 11.4 Å². The summed E-state index contributed by atoms with van der Waals surface area (Å²) < 4.78 is 0. The molecule has 0 aliphatic heterocycles. The van der Waals surface area contributed by atoms with Gasteiger partial charge in [0.25, 0.3) is 0 Å². The lowest BCUT2D eigenvalue weighted by atomic mass is 9.51. The van der Waals surface area contributed by atoms with Crippen molar-refractivity contribution in [2.24, 2.45) is 0 Å². The number of aliphatic hydroxyl groups is 1. The van der Waals surface area contributed by atoms with Crippen LogP contribution in [-0.2, 0) is 0 Å². The van der Waals surface area contributed by atoms with E-state index in [9.17, 15) is 5.11 Å². The van der Waals surface area contributed by atoms with Crippen LogP contribution in [0, 0.1) is 0 Å². The molecule has 0 aromatic rings. The molecule has 0 saturated heterocycles. The largest absolute Gasteiger partial charge is 0.465 e. The second kappa shape index (κ2) is 3.46. The molecule has 0 amide bonds. The summed E-state index contributed by atoms with van der Waals surface area (Å²) in [5, 5.41) is 27.3. The molecule has 3 N–H and O–H groups in total. The van der Waals surface area contributed by atoms with Gasteiger partial charge in [0.2, 0.25) is 0 Å². The first kappa shape index (κ1) is 10.8. The van der Waals surface area contributed by atoms with Gasteiger partial charge in [-0.1, -0.05) is 24.1 Å². The third-order valence-electron chi connectivity index (χ3n) is 2.67. The number of halogens is 1. The number of rotatable bonds is 1. The second-order valence-corrected chi connectivity index (χ2v) is 3.92. The van der Waals surface area contributed by atoms with Gasteiger partial charge in [0.1, 0.15) is 0 Å². The Morgan fingerprint density at radius 2 is 2.08 bits per heavy atom. The molecule has 0 saturated carbocycles. The second-order valence-electron chi connectivity index (χ2n) is 3.48. The van der Waals surface area contributed by atoms with Crippen molar-refractivity contribution in [2.75, 3.05) is 0 Å². The number of allylic oxidation sites excluding steroid dienone is 2. The zero-order valence-corrected chi connectivity index (χ0v) is 8.28. The van der Waals surface area contributed by atoms with Crippen LogP contribution >= 0.6 is 11.6 Å². The highest BCUT2D eigenvalue weighted by Crippen LogP contribution is 2.44. The average Bonchev–Trinajstić information content (AvgIpc) is 1.99. The normalized spacial score (nSPS) is 33.8. The molecule has 0 radical (unpaired) electrons. The predicted molar refractivity (Wildman–Crippen MR) is 52.3 cm³/mol. The van der Waals surface area contributed by atoms with Gasteiger partial charge >= 0.3 is 7.12 Å². The highest BCUT2D eigenvalue weighted by molar-refractivity contribution is 6.47. The van der Waals surface area contributed by atoms with Crippen LogP contribution in [0.5, 0.6) is 0 Å². The summed E-state index contributed by atoms with van der Waals surface area (Å²) in [6, 6.07) is 0. The van der Waals surface area contributed by atoms with Crippen molar-refractivity contribution in [3.05, 3.63) is 22.8 Å². The Morgan fingerprint density at radius 3 is 2.46 bits per heavy atom. The molecule has 13 heavy (non-hydrogen) atoms. The summed E-state index contributed by atoms with van der Waals surface area (Å²) in [5.74, 6) is 0. The SMILES string of the molecule is CC1=CC(Cl)=CC(O)C1(C)B(O)O. The van der Waals surface area contributed by atoms with E-state index in [1.54, 1.807) is 19.9 Å². The van der Waals surface area contributed by atoms with Gasteiger partial charge in [-0.25, -0.2) is 0 Å². The molecule has 72 valence electrons. The van der Waals surface area contributed by atoms with Gasteiger partial charge in [-0.2, -0.15) is 0 Å². The van der Waals surface area contributed by atoms with Crippen LogP contribution in [-0.4, -0.2) is 28.4 Å². The summed E-state index contributed by atoms with van der Waals surface area (Å²) in [6.07, 6.45) is 2.05. The Kier molecular flexibility index (Phi) is 2.87. The summed E-state index contributed by atoms with van der Waals surface area (Å²) in [6.45, 7) is 3.28. The molecule has 0 aromatic heterocycles. The first-order valence-electron chi connectivity index (χ1n) is 3.99. The molecule has 0 bridgehead atoms. The lowest BCUT2D eigenvalue weighted by Crippen LogP contribution is -2.41. The van der Waals surface area contributed by atoms with Crippen molar-refractivity contribution in [1.82, 2.24) is 0 Å². The fourth-order valence-electron chi connectivity index (χ4n) is 1.32. The lowest BCUT2D eigenvalue weighted by molar-refractivity contribution is 0.162. The number of hydrogen-bond donors (Lipinski definition) is 3. The van der Waals surface area contributed by atoms with Crippen molar-refractivity contribution in [1.29, 1.82) is 0 Å². The minimum atomic E-state index is -1.60. The molecule has 1 aliphatic rings. The van der Waals surface area contributed by atoms with E-state index >= 15 is 0 Å². The molecule has 2 unspecified atom stereocenters. The minimum Gasteiger partial charge on any atom is -0.426 e. The molecule has 1 rings (SSSR count). The number of hydrogen-bond acceptors (Lipinski definition) is 3. The van der Waals surface area contributed by atoms with Crippen LogP contribution in [0.15, 0.2) is 22.8 Å². The first-order chi connectivity index (χ1) is 5.89. The van der Waals surface area contributed by atoms with Gasteiger partial charge in [-0.05, 0) is 19.1 Å². The Hall–Kier alpha value is -0.285. The molecule has 0 aromatic carbocycles. The fraction of sp³-hybridized carbons (Fsp3) is 0.500. The molecule has 0 spiro atoms. The monoisotopic (exact) mass is 202 g/mol. The van der Waals surface area contributed by atoms with E-state index in [0.717, 1.165) is 0 Å². The fourth-order valence-corrected chi connectivity index (χ4v) is 1.61. The summed E-state index contributed by atoms with van der Waals surface area (Å²) >= 11 is 5.70. The van der Waals surface area contributed by atoms with Crippen molar-refractivity contribution < 1.29 is 15.2 Å². The van der Waals surface area contributed by atoms with E-state index in [1.165, 1.54) is 6.08 Å². The Labute approximate surface area is 82.5 Å². The minimum absolute atomic E-state index is 0.420. The summed E-state index contributed by atoms with van der Waals surface area (Å²) in [5.41, 5.74) is 0.655. The van der Waals surface area contributed by atoms with E-state index in [-0.39, 0.29) is 0 Å². The number of aliphatic hydroxyl groups excluding tert-OH is 1. The Bertz CT molecular complexity index is 275. The van der Waals surface area contributed by atoms with Gasteiger partial charge in [0, 0.05) is 5.03 Å².